The van der Waals surface area contributed by atoms with E-state index in [4.69, 9.17) is 4.74 Å². The summed E-state index contributed by atoms with van der Waals surface area (Å²) in [5.41, 5.74) is 6.63. The Kier molecular flexibility index (Phi) is 5.40. The van der Waals surface area contributed by atoms with Gasteiger partial charge in [-0.25, -0.2) is 0 Å². The zero-order valence-electron chi connectivity index (χ0n) is 14.4. The Morgan fingerprint density at radius 1 is 1.11 bits per heavy atom. The predicted octanol–water partition coefficient (Wildman–Crippen LogP) is 6.05. The first kappa shape index (κ1) is 17.6. The van der Waals surface area contributed by atoms with E-state index in [-0.39, 0.29) is 6.10 Å². The van der Waals surface area contributed by atoms with E-state index >= 15 is 0 Å². The fourth-order valence-electron chi connectivity index (χ4n) is 2.93. The molecule has 0 spiro atoms. The molecule has 0 N–H and O–H groups in total. The van der Waals surface area contributed by atoms with Gasteiger partial charge in [0.2, 0.25) is 0 Å². The van der Waals surface area contributed by atoms with Crippen molar-refractivity contribution in [3.05, 3.63) is 98.6 Å². The molecule has 27 heavy (non-hydrogen) atoms. The summed E-state index contributed by atoms with van der Waals surface area (Å²) in [4.78, 5) is 5.27. The Hall–Kier alpha value is -2.78. The van der Waals surface area contributed by atoms with E-state index in [1.807, 2.05) is 53.5 Å². The van der Waals surface area contributed by atoms with E-state index in [1.165, 1.54) is 0 Å². The number of nitrogens with zero attached hydrogens (tertiary/aromatic N) is 2. The van der Waals surface area contributed by atoms with Crippen molar-refractivity contribution in [2.75, 3.05) is 0 Å². The Morgan fingerprint density at radius 3 is 2.70 bits per heavy atom. The van der Waals surface area contributed by atoms with E-state index in [0.717, 1.165) is 27.1 Å². The summed E-state index contributed by atoms with van der Waals surface area (Å²) in [6.07, 6.45) is 1.63. The van der Waals surface area contributed by atoms with Crippen LogP contribution in [0.1, 0.15) is 27.7 Å². The molecule has 4 rings (SSSR count). The van der Waals surface area contributed by atoms with E-state index in [0.29, 0.717) is 12.2 Å². The summed E-state index contributed by atoms with van der Waals surface area (Å²) < 4.78 is 6.29. The first-order valence-corrected chi connectivity index (χ1v) is 10.3. The number of thiazole rings is 1. The van der Waals surface area contributed by atoms with Gasteiger partial charge in [0.15, 0.2) is 0 Å². The highest BCUT2D eigenvalue weighted by molar-refractivity contribution is 7.09. The molecule has 2 aromatic heterocycles. The Bertz CT molecular complexity index is 1040. The molecule has 0 bridgehead atoms. The van der Waals surface area contributed by atoms with Crippen LogP contribution in [0, 0.1) is 11.3 Å². The summed E-state index contributed by atoms with van der Waals surface area (Å²) in [6.45, 7) is 0.511. The molecule has 2 heterocycles. The van der Waals surface area contributed by atoms with Gasteiger partial charge in [-0.3, -0.25) is 4.98 Å². The molecule has 0 fully saturated rings. The quantitative estimate of drug-likeness (QED) is 0.404. The normalized spacial score (nSPS) is 11.8. The first-order valence-electron chi connectivity index (χ1n) is 8.45. The second kappa shape index (κ2) is 8.28. The number of hydrogen-bond acceptors (Lipinski definition) is 5. The van der Waals surface area contributed by atoms with E-state index in [1.54, 1.807) is 22.7 Å². The van der Waals surface area contributed by atoms with Crippen molar-refractivity contribution in [3.8, 4) is 17.2 Å². The summed E-state index contributed by atoms with van der Waals surface area (Å²) in [5, 5.41) is 13.6. The van der Waals surface area contributed by atoms with Crippen LogP contribution in [0.15, 0.2) is 77.1 Å². The minimum atomic E-state index is -0.220. The lowest BCUT2D eigenvalue weighted by atomic mass is 9.97. The van der Waals surface area contributed by atoms with Crippen molar-refractivity contribution in [2.24, 2.45) is 0 Å². The van der Waals surface area contributed by atoms with Crippen LogP contribution in [-0.2, 0) is 11.3 Å². The average molecular weight is 389 g/mol. The molecule has 0 saturated heterocycles. The third-order valence-corrected chi connectivity index (χ3v) is 5.77. The van der Waals surface area contributed by atoms with Gasteiger partial charge in [0.25, 0.3) is 0 Å². The Balaban J connectivity index is 1.70. The molecule has 0 aliphatic carbocycles. The fourth-order valence-corrected chi connectivity index (χ4v) is 4.28. The van der Waals surface area contributed by atoms with Crippen molar-refractivity contribution in [1.82, 2.24) is 4.98 Å². The van der Waals surface area contributed by atoms with Crippen molar-refractivity contribution in [3.63, 3.8) is 0 Å². The number of hydrogen-bond donors (Lipinski definition) is 0. The van der Waals surface area contributed by atoms with Crippen LogP contribution in [0.25, 0.3) is 11.1 Å². The predicted molar refractivity (Wildman–Crippen MR) is 110 cm³/mol. The lowest BCUT2D eigenvalue weighted by molar-refractivity contribution is 0.0689. The minimum absolute atomic E-state index is 0.220. The third-order valence-electron chi connectivity index (χ3n) is 4.27. The molecule has 1 unspecified atom stereocenters. The molecule has 5 heteroatoms. The molecule has 4 aromatic rings. The number of aromatic nitrogens is 1. The number of ether oxygens (including phenoxy) is 1. The summed E-state index contributed by atoms with van der Waals surface area (Å²) in [6, 6.07) is 20.4. The number of nitriles is 1. The third kappa shape index (κ3) is 3.99. The van der Waals surface area contributed by atoms with Crippen molar-refractivity contribution in [2.45, 2.75) is 12.7 Å². The second-order valence-electron chi connectivity index (χ2n) is 6.01. The van der Waals surface area contributed by atoms with Gasteiger partial charge < -0.3 is 4.74 Å². The second-order valence-corrected chi connectivity index (χ2v) is 7.71. The maximum Gasteiger partial charge on any atom is 0.119 e. The van der Waals surface area contributed by atoms with Gasteiger partial charge in [-0.05, 0) is 45.6 Å². The number of thiophene rings is 1. The molecular weight excluding hydrogens is 372 g/mol. The zero-order valence-corrected chi connectivity index (χ0v) is 16.0. The van der Waals surface area contributed by atoms with Crippen LogP contribution in [0.2, 0.25) is 0 Å². The highest BCUT2D eigenvalue weighted by Crippen LogP contribution is 2.34. The molecular formula is C22H16N2OS2. The maximum absolute atomic E-state index is 9.50. The average Bonchev–Trinajstić information content (AvgIpc) is 3.43. The van der Waals surface area contributed by atoms with Crippen LogP contribution < -0.4 is 0 Å². The van der Waals surface area contributed by atoms with Gasteiger partial charge in [-0.15, -0.1) is 11.3 Å². The molecule has 3 nitrogen and oxygen atoms in total. The van der Waals surface area contributed by atoms with Gasteiger partial charge in [-0.2, -0.15) is 16.6 Å². The summed E-state index contributed by atoms with van der Waals surface area (Å²) >= 11 is 3.20. The molecule has 0 saturated carbocycles. The van der Waals surface area contributed by atoms with Crippen molar-refractivity contribution >= 4 is 22.7 Å². The summed E-state index contributed by atoms with van der Waals surface area (Å²) in [5.74, 6) is 0. The molecule has 0 radical (unpaired) electrons. The van der Waals surface area contributed by atoms with E-state index in [9.17, 15) is 5.26 Å². The standard InChI is InChI=1S/C22H16N2OS2/c23-11-18-7-6-17(10-20(18)19-8-9-26-14-19)22(21-12-24-15-27-21)25-13-16-4-2-1-3-5-16/h1-10,12,14-15,22H,13H2. The highest BCUT2D eigenvalue weighted by Gasteiger charge is 2.19. The van der Waals surface area contributed by atoms with Crippen molar-refractivity contribution in [1.29, 1.82) is 5.26 Å². The molecule has 2 aromatic carbocycles. The molecule has 0 aliphatic heterocycles. The monoisotopic (exact) mass is 388 g/mol. The Morgan fingerprint density at radius 2 is 2.00 bits per heavy atom. The van der Waals surface area contributed by atoms with E-state index < -0.39 is 0 Å². The smallest absolute Gasteiger partial charge is 0.119 e. The van der Waals surface area contributed by atoms with Crippen LogP contribution in [0.5, 0.6) is 0 Å². The lowest BCUT2D eigenvalue weighted by Gasteiger charge is -2.18. The largest absolute Gasteiger partial charge is 0.363 e. The molecule has 0 aliphatic rings. The molecule has 132 valence electrons. The van der Waals surface area contributed by atoms with Crippen LogP contribution in [0.3, 0.4) is 0 Å². The SMILES string of the molecule is N#Cc1ccc(C(OCc2ccccc2)c2cncs2)cc1-c1ccsc1. The van der Waals surface area contributed by atoms with Crippen LogP contribution in [0.4, 0.5) is 0 Å². The molecule has 1 atom stereocenters. The Labute approximate surface area is 166 Å². The zero-order chi connectivity index (χ0) is 18.5. The van der Waals surface area contributed by atoms with Gasteiger partial charge in [-0.1, -0.05) is 36.4 Å². The first-order chi connectivity index (χ1) is 13.3. The van der Waals surface area contributed by atoms with Gasteiger partial charge in [0.1, 0.15) is 6.10 Å². The summed E-state index contributed by atoms with van der Waals surface area (Å²) in [7, 11) is 0. The minimum Gasteiger partial charge on any atom is -0.363 e. The van der Waals surface area contributed by atoms with Gasteiger partial charge >= 0.3 is 0 Å². The van der Waals surface area contributed by atoms with Crippen LogP contribution in [-0.4, -0.2) is 4.98 Å². The fraction of sp³-hybridized carbons (Fsp3) is 0.0909. The number of rotatable bonds is 6. The highest BCUT2D eigenvalue weighted by atomic mass is 32.1. The maximum atomic E-state index is 9.50. The van der Waals surface area contributed by atoms with Crippen LogP contribution >= 0.6 is 22.7 Å². The number of benzene rings is 2. The van der Waals surface area contributed by atoms with Gasteiger partial charge in [0.05, 0.1) is 28.6 Å². The van der Waals surface area contributed by atoms with E-state index in [2.05, 4.69) is 34.6 Å². The lowest BCUT2D eigenvalue weighted by Crippen LogP contribution is -2.06. The van der Waals surface area contributed by atoms with Crippen molar-refractivity contribution < 1.29 is 4.74 Å². The molecule has 0 amide bonds. The topological polar surface area (TPSA) is 45.9 Å². The van der Waals surface area contributed by atoms with Gasteiger partial charge in [0, 0.05) is 11.8 Å².